The highest BCUT2D eigenvalue weighted by Crippen LogP contribution is 2.45. The molecule has 2 aliphatic rings. The number of carbonyl (C=O) groups is 2. The number of benzene rings is 2. The molecule has 144 valence electrons. The number of methoxy groups -OCH3 is 1. The van der Waals surface area contributed by atoms with Gasteiger partial charge in [0.25, 0.3) is 0 Å². The molecular formula is C24H24O4. The molecule has 1 atom stereocenters. The van der Waals surface area contributed by atoms with Crippen molar-refractivity contribution in [3.05, 3.63) is 70.3 Å². The standard InChI is InChI=1S/C24H24O4/c1-3-28-24(26)23-20(25)14-17-8-4-6-15-7-5-9-19(21(15)17)22(23)16-10-12-18(27-2)13-11-16/h5,7,9-13,17H,3-4,6,8,14H2,1-2H3. The predicted molar refractivity (Wildman–Crippen MR) is 107 cm³/mol. The minimum absolute atomic E-state index is 0.127. The van der Waals surface area contributed by atoms with E-state index in [1.54, 1.807) is 14.0 Å². The summed E-state index contributed by atoms with van der Waals surface area (Å²) in [7, 11) is 1.62. The summed E-state index contributed by atoms with van der Waals surface area (Å²) in [6.07, 6.45) is 3.42. The molecule has 4 rings (SSSR count). The predicted octanol–water partition coefficient (Wildman–Crippen LogP) is 4.45. The van der Waals surface area contributed by atoms with Gasteiger partial charge in [-0.2, -0.15) is 0 Å². The first kappa shape index (κ1) is 18.5. The lowest BCUT2D eigenvalue weighted by Crippen LogP contribution is -2.18. The molecule has 4 nitrogen and oxygen atoms in total. The fourth-order valence-electron chi connectivity index (χ4n) is 4.50. The van der Waals surface area contributed by atoms with Gasteiger partial charge in [0, 0.05) is 12.0 Å². The molecule has 0 spiro atoms. The molecule has 0 saturated carbocycles. The summed E-state index contributed by atoms with van der Waals surface area (Å²) in [5, 5.41) is 0. The second-order valence-corrected chi connectivity index (χ2v) is 7.29. The van der Waals surface area contributed by atoms with Gasteiger partial charge < -0.3 is 9.47 Å². The number of aryl methyl sites for hydroxylation is 1. The summed E-state index contributed by atoms with van der Waals surface area (Å²) in [6.45, 7) is 2.00. The van der Waals surface area contributed by atoms with Gasteiger partial charge in [0.15, 0.2) is 5.78 Å². The van der Waals surface area contributed by atoms with E-state index in [1.165, 1.54) is 11.1 Å². The molecule has 0 fully saturated rings. The van der Waals surface area contributed by atoms with Crippen molar-refractivity contribution in [1.82, 2.24) is 0 Å². The van der Waals surface area contributed by atoms with Crippen LogP contribution in [0.3, 0.4) is 0 Å². The summed E-state index contributed by atoms with van der Waals surface area (Å²) in [6, 6.07) is 13.7. The number of esters is 1. The van der Waals surface area contributed by atoms with Gasteiger partial charge in [-0.15, -0.1) is 0 Å². The van der Waals surface area contributed by atoms with E-state index < -0.39 is 5.97 Å². The van der Waals surface area contributed by atoms with Crippen molar-refractivity contribution in [3.8, 4) is 5.75 Å². The zero-order chi connectivity index (χ0) is 19.7. The summed E-state index contributed by atoms with van der Waals surface area (Å²) in [5.74, 6) is 0.232. The Kier molecular flexibility index (Phi) is 5.03. The third kappa shape index (κ3) is 3.13. The first-order valence-corrected chi connectivity index (χ1v) is 9.85. The van der Waals surface area contributed by atoms with Crippen LogP contribution in [0, 0.1) is 0 Å². The molecule has 4 heteroatoms. The van der Waals surface area contributed by atoms with Gasteiger partial charge in [-0.05, 0) is 66.5 Å². The molecule has 0 heterocycles. The Bertz CT molecular complexity index is 953. The Morgan fingerprint density at radius 2 is 1.93 bits per heavy atom. The second-order valence-electron chi connectivity index (χ2n) is 7.29. The van der Waals surface area contributed by atoms with Crippen LogP contribution < -0.4 is 4.74 Å². The summed E-state index contributed by atoms with van der Waals surface area (Å²) >= 11 is 0. The molecule has 0 bridgehead atoms. The maximum absolute atomic E-state index is 13.2. The third-order valence-corrected chi connectivity index (χ3v) is 5.69. The van der Waals surface area contributed by atoms with E-state index in [4.69, 9.17) is 9.47 Å². The Morgan fingerprint density at radius 1 is 1.14 bits per heavy atom. The highest BCUT2D eigenvalue weighted by Gasteiger charge is 2.36. The van der Waals surface area contributed by atoms with Gasteiger partial charge >= 0.3 is 5.97 Å². The molecule has 0 radical (unpaired) electrons. The van der Waals surface area contributed by atoms with Crippen LogP contribution in [0.2, 0.25) is 0 Å². The van der Waals surface area contributed by atoms with Gasteiger partial charge in [0.05, 0.1) is 13.7 Å². The minimum atomic E-state index is -0.533. The maximum atomic E-state index is 13.2. The highest BCUT2D eigenvalue weighted by molar-refractivity contribution is 6.25. The highest BCUT2D eigenvalue weighted by atomic mass is 16.5. The second kappa shape index (κ2) is 7.63. The third-order valence-electron chi connectivity index (χ3n) is 5.69. The fraction of sp³-hybridized carbons (Fsp3) is 0.333. The van der Waals surface area contributed by atoms with Crippen molar-refractivity contribution in [2.45, 2.75) is 38.5 Å². The van der Waals surface area contributed by atoms with Gasteiger partial charge in [-0.3, -0.25) is 4.79 Å². The Morgan fingerprint density at radius 3 is 2.64 bits per heavy atom. The average Bonchev–Trinajstić information content (AvgIpc) is 2.84. The smallest absolute Gasteiger partial charge is 0.342 e. The number of carbonyl (C=O) groups excluding carboxylic acids is 2. The van der Waals surface area contributed by atoms with Crippen molar-refractivity contribution < 1.29 is 19.1 Å². The van der Waals surface area contributed by atoms with Gasteiger partial charge in [0.1, 0.15) is 11.3 Å². The Labute approximate surface area is 165 Å². The van der Waals surface area contributed by atoms with Crippen LogP contribution in [0.4, 0.5) is 0 Å². The van der Waals surface area contributed by atoms with Crippen LogP contribution in [0.25, 0.3) is 5.57 Å². The molecule has 2 aromatic carbocycles. The molecular weight excluding hydrogens is 352 g/mol. The summed E-state index contributed by atoms with van der Waals surface area (Å²) in [4.78, 5) is 26.1. The van der Waals surface area contributed by atoms with Crippen molar-refractivity contribution in [1.29, 1.82) is 0 Å². The number of Topliss-reactive ketones (excluding diaryl/α,β-unsaturated/α-hetero) is 1. The zero-order valence-corrected chi connectivity index (χ0v) is 16.3. The first-order valence-electron chi connectivity index (χ1n) is 9.85. The average molecular weight is 376 g/mol. The van der Waals surface area contributed by atoms with Crippen LogP contribution in [0.1, 0.15) is 54.4 Å². The molecule has 1 unspecified atom stereocenters. The number of hydrogen-bond acceptors (Lipinski definition) is 4. The van der Waals surface area contributed by atoms with E-state index in [-0.39, 0.29) is 23.9 Å². The quantitative estimate of drug-likeness (QED) is 0.584. The van der Waals surface area contributed by atoms with Crippen LogP contribution in [-0.2, 0) is 20.7 Å². The lowest BCUT2D eigenvalue weighted by atomic mass is 9.78. The fourth-order valence-corrected chi connectivity index (χ4v) is 4.50. The van der Waals surface area contributed by atoms with Gasteiger partial charge in [-0.1, -0.05) is 30.3 Å². The molecule has 0 saturated heterocycles. The van der Waals surface area contributed by atoms with Crippen LogP contribution in [0.5, 0.6) is 5.75 Å². The van der Waals surface area contributed by atoms with E-state index in [0.29, 0.717) is 12.0 Å². The normalized spacial score (nSPS) is 18.4. The van der Waals surface area contributed by atoms with Gasteiger partial charge in [-0.25, -0.2) is 4.79 Å². The van der Waals surface area contributed by atoms with Crippen molar-refractivity contribution in [2.75, 3.05) is 13.7 Å². The number of ketones is 1. The summed E-state index contributed by atoms with van der Waals surface area (Å²) < 4.78 is 10.6. The molecule has 2 aromatic rings. The number of ether oxygens (including phenoxy) is 2. The molecule has 0 aromatic heterocycles. The van der Waals surface area contributed by atoms with Crippen molar-refractivity contribution in [2.24, 2.45) is 0 Å². The van der Waals surface area contributed by atoms with E-state index in [2.05, 4.69) is 6.07 Å². The monoisotopic (exact) mass is 376 g/mol. The number of hydrogen-bond donors (Lipinski definition) is 0. The minimum Gasteiger partial charge on any atom is -0.497 e. The first-order chi connectivity index (χ1) is 13.6. The van der Waals surface area contributed by atoms with Crippen molar-refractivity contribution >= 4 is 17.3 Å². The van der Waals surface area contributed by atoms with Gasteiger partial charge in [0.2, 0.25) is 0 Å². The van der Waals surface area contributed by atoms with E-state index in [0.717, 1.165) is 36.1 Å². The van der Waals surface area contributed by atoms with Crippen molar-refractivity contribution in [3.63, 3.8) is 0 Å². The van der Waals surface area contributed by atoms with Crippen LogP contribution >= 0.6 is 0 Å². The van der Waals surface area contributed by atoms with E-state index >= 15 is 0 Å². The molecule has 0 aliphatic heterocycles. The lowest BCUT2D eigenvalue weighted by Gasteiger charge is -2.26. The zero-order valence-electron chi connectivity index (χ0n) is 16.3. The van der Waals surface area contributed by atoms with Crippen LogP contribution in [-0.4, -0.2) is 25.5 Å². The molecule has 2 aliphatic carbocycles. The summed E-state index contributed by atoms with van der Waals surface area (Å²) in [5.41, 5.74) is 5.20. The lowest BCUT2D eigenvalue weighted by molar-refractivity contribution is -0.139. The van der Waals surface area contributed by atoms with E-state index in [9.17, 15) is 9.59 Å². The Hall–Kier alpha value is -2.88. The molecule has 0 N–H and O–H groups in total. The topological polar surface area (TPSA) is 52.6 Å². The SMILES string of the molecule is CCOC(=O)C1=C(c2ccc(OC)cc2)c2cccc3c2C(CCC3)CC1=O. The van der Waals surface area contributed by atoms with Crippen LogP contribution in [0.15, 0.2) is 48.0 Å². The Balaban J connectivity index is 2.00. The molecule has 28 heavy (non-hydrogen) atoms. The molecule has 0 amide bonds. The number of rotatable bonds is 4. The largest absolute Gasteiger partial charge is 0.497 e. The maximum Gasteiger partial charge on any atom is 0.342 e. The van der Waals surface area contributed by atoms with E-state index in [1.807, 2.05) is 36.4 Å².